The summed E-state index contributed by atoms with van der Waals surface area (Å²) in [5.41, 5.74) is 3.17. The van der Waals surface area contributed by atoms with Crippen molar-refractivity contribution in [1.29, 1.82) is 0 Å². The van der Waals surface area contributed by atoms with Crippen LogP contribution in [0.5, 0.6) is 0 Å². The molecule has 0 radical (unpaired) electrons. The summed E-state index contributed by atoms with van der Waals surface area (Å²) in [7, 11) is 0. The number of aromatic carboxylic acids is 1. The normalized spacial score (nSPS) is 11.6. The second-order valence-corrected chi connectivity index (χ2v) is 8.42. The van der Waals surface area contributed by atoms with Gasteiger partial charge in [0.1, 0.15) is 5.82 Å². The predicted molar refractivity (Wildman–Crippen MR) is 124 cm³/mol. The molecule has 0 amide bonds. The van der Waals surface area contributed by atoms with Crippen LogP contribution in [0.25, 0.3) is 0 Å². The molecular weight excluding hydrogens is 424 g/mol. The first kappa shape index (κ1) is 24.6. The molecule has 0 atom stereocenters. The third-order valence-electron chi connectivity index (χ3n) is 5.61. The summed E-state index contributed by atoms with van der Waals surface area (Å²) in [5.74, 6) is -3.75. The summed E-state index contributed by atoms with van der Waals surface area (Å²) in [4.78, 5) is 15.4. The molecule has 2 aromatic carbocycles. The monoisotopic (exact) mass is 455 g/mol. The van der Waals surface area contributed by atoms with Gasteiger partial charge < -0.3 is 5.11 Å². The van der Waals surface area contributed by atoms with Crippen molar-refractivity contribution in [3.63, 3.8) is 0 Å². The third-order valence-corrected chi connectivity index (χ3v) is 5.61. The van der Waals surface area contributed by atoms with Gasteiger partial charge in [0.2, 0.25) is 5.82 Å². The summed E-state index contributed by atoms with van der Waals surface area (Å²) in [5, 5.41) is 13.4. The first-order valence-electron chi connectivity index (χ1n) is 11.5. The molecule has 0 saturated heterocycles. The molecule has 1 aromatic heterocycles. The van der Waals surface area contributed by atoms with Crippen LogP contribution in [0.2, 0.25) is 0 Å². The van der Waals surface area contributed by atoms with E-state index >= 15 is 0 Å². The molecule has 0 aliphatic heterocycles. The number of benzene rings is 2. The molecule has 0 aliphatic rings. The Morgan fingerprint density at radius 3 is 2.36 bits per heavy atom. The van der Waals surface area contributed by atoms with E-state index in [0.717, 1.165) is 29.5 Å². The molecule has 1 N–H and O–H groups in total. The minimum Gasteiger partial charge on any atom is -0.478 e. The van der Waals surface area contributed by atoms with Gasteiger partial charge in [-0.2, -0.15) is 8.78 Å². The highest BCUT2D eigenvalue weighted by atomic mass is 19.3. The predicted octanol–water partition coefficient (Wildman–Crippen LogP) is 6.24. The highest BCUT2D eigenvalue weighted by Crippen LogP contribution is 2.31. The Bertz CT molecular complexity index is 1060. The first-order valence-corrected chi connectivity index (χ1v) is 11.5. The van der Waals surface area contributed by atoms with E-state index in [9.17, 15) is 13.6 Å². The fourth-order valence-electron chi connectivity index (χ4n) is 3.67. The number of nitrogens with zero attached hydrogens (tertiary/aromatic N) is 3. The van der Waals surface area contributed by atoms with Gasteiger partial charge in [-0.05, 0) is 48.1 Å². The average molecular weight is 456 g/mol. The molecule has 176 valence electrons. The number of aromatic nitrogens is 3. The van der Waals surface area contributed by atoms with E-state index in [2.05, 4.69) is 17.0 Å². The fourth-order valence-corrected chi connectivity index (χ4v) is 3.67. The number of alkyl halides is 2. The second-order valence-electron chi connectivity index (χ2n) is 8.42. The number of hydrogen-bond donors (Lipinski definition) is 1. The van der Waals surface area contributed by atoms with Crippen molar-refractivity contribution in [3.05, 3.63) is 82.4 Å². The van der Waals surface area contributed by atoms with Gasteiger partial charge >= 0.3 is 11.9 Å². The molecule has 0 unspecified atom stereocenters. The van der Waals surface area contributed by atoms with Gasteiger partial charge in [-0.3, -0.25) is 0 Å². The van der Waals surface area contributed by atoms with Gasteiger partial charge in [-0.15, -0.1) is 5.10 Å². The summed E-state index contributed by atoms with van der Waals surface area (Å²) in [6.07, 6.45) is 3.94. The van der Waals surface area contributed by atoms with Crippen LogP contribution in [0.4, 0.5) is 8.78 Å². The van der Waals surface area contributed by atoms with Gasteiger partial charge in [-0.1, -0.05) is 63.1 Å². The molecule has 0 bridgehead atoms. The van der Waals surface area contributed by atoms with Crippen molar-refractivity contribution in [2.45, 2.75) is 71.3 Å². The Labute approximate surface area is 193 Å². The van der Waals surface area contributed by atoms with E-state index in [1.807, 2.05) is 37.3 Å². The topological polar surface area (TPSA) is 68.0 Å². The number of aryl methyl sites for hydroxylation is 1. The van der Waals surface area contributed by atoms with E-state index in [0.29, 0.717) is 38.1 Å². The molecule has 0 spiro atoms. The number of carboxylic acid groups (broad SMARTS) is 1. The van der Waals surface area contributed by atoms with E-state index in [4.69, 9.17) is 5.11 Å². The van der Waals surface area contributed by atoms with Crippen LogP contribution in [0.1, 0.15) is 84.6 Å². The lowest BCUT2D eigenvalue weighted by atomic mass is 10.0. The van der Waals surface area contributed by atoms with Gasteiger partial charge in [0.05, 0.1) is 12.1 Å². The Hall–Kier alpha value is -3.09. The maximum Gasteiger partial charge on any atom is 0.335 e. The average Bonchev–Trinajstić information content (AvgIpc) is 3.21. The largest absolute Gasteiger partial charge is 0.478 e. The maximum atomic E-state index is 14.6. The molecule has 1 heterocycles. The van der Waals surface area contributed by atoms with Crippen molar-refractivity contribution in [2.75, 3.05) is 0 Å². The number of hydrogen-bond acceptors (Lipinski definition) is 3. The lowest BCUT2D eigenvalue weighted by Gasteiger charge is -2.11. The number of unbranched alkanes of at least 4 members (excludes halogenated alkanes) is 2. The summed E-state index contributed by atoms with van der Waals surface area (Å²) < 4.78 is 30.7. The molecule has 5 nitrogen and oxygen atoms in total. The summed E-state index contributed by atoms with van der Waals surface area (Å²) in [6.45, 7) is 4.33. The molecule has 33 heavy (non-hydrogen) atoms. The van der Waals surface area contributed by atoms with Crippen molar-refractivity contribution >= 4 is 5.97 Å². The van der Waals surface area contributed by atoms with Gasteiger partial charge in [0.25, 0.3) is 0 Å². The molecule has 7 heteroatoms. The fraction of sp³-hybridized carbons (Fsp3) is 0.423. The Morgan fingerprint density at radius 2 is 1.70 bits per heavy atom. The SMILES string of the molecule is CCCCc1nc(C(F)(F)CCCC)nn1Cc1ccc(Cc2cccc(C(=O)O)c2)cc1. The molecule has 0 aliphatic carbocycles. The molecule has 0 saturated carbocycles. The lowest BCUT2D eigenvalue weighted by molar-refractivity contribution is -0.0245. The first-order chi connectivity index (χ1) is 15.8. The van der Waals surface area contributed by atoms with Crippen LogP contribution < -0.4 is 0 Å². The number of halogens is 2. The second kappa shape index (κ2) is 11.2. The molecule has 3 aromatic rings. The smallest absolute Gasteiger partial charge is 0.335 e. The van der Waals surface area contributed by atoms with Crippen LogP contribution in [0, 0.1) is 0 Å². The standard InChI is InChI=1S/C26H31F2N3O2/c1-3-5-10-23-29-25(26(27,28)15-6-4-2)30-31(23)18-20-13-11-19(12-14-20)16-21-8-7-9-22(17-21)24(32)33/h7-9,11-14,17H,3-6,10,15-16,18H2,1-2H3,(H,32,33). The zero-order valence-electron chi connectivity index (χ0n) is 19.2. The van der Waals surface area contributed by atoms with E-state index < -0.39 is 11.9 Å². The summed E-state index contributed by atoms with van der Waals surface area (Å²) >= 11 is 0. The van der Waals surface area contributed by atoms with Crippen LogP contribution in [0.3, 0.4) is 0 Å². The number of carbonyl (C=O) groups is 1. The van der Waals surface area contributed by atoms with Crippen molar-refractivity contribution in [2.24, 2.45) is 0 Å². The quantitative estimate of drug-likeness (QED) is 0.351. The zero-order valence-corrected chi connectivity index (χ0v) is 19.2. The molecular formula is C26H31F2N3O2. The zero-order chi connectivity index (χ0) is 23.8. The van der Waals surface area contributed by atoms with E-state index in [-0.39, 0.29) is 17.8 Å². The summed E-state index contributed by atoms with van der Waals surface area (Å²) in [6, 6.07) is 14.7. The molecule has 3 rings (SSSR count). The van der Waals surface area contributed by atoms with Crippen molar-refractivity contribution < 1.29 is 18.7 Å². The van der Waals surface area contributed by atoms with Crippen LogP contribution in [0.15, 0.2) is 48.5 Å². The highest BCUT2D eigenvalue weighted by Gasteiger charge is 2.36. The number of rotatable bonds is 12. The third kappa shape index (κ3) is 6.70. The van der Waals surface area contributed by atoms with Crippen LogP contribution in [-0.4, -0.2) is 25.8 Å². The minimum absolute atomic E-state index is 0.238. The van der Waals surface area contributed by atoms with Crippen molar-refractivity contribution in [1.82, 2.24) is 14.8 Å². The molecule has 0 fully saturated rings. The van der Waals surface area contributed by atoms with Crippen LogP contribution >= 0.6 is 0 Å². The number of carboxylic acids is 1. The van der Waals surface area contributed by atoms with Crippen molar-refractivity contribution in [3.8, 4) is 0 Å². The van der Waals surface area contributed by atoms with Gasteiger partial charge in [-0.25, -0.2) is 14.5 Å². The Balaban J connectivity index is 1.75. The Kier molecular flexibility index (Phi) is 8.31. The van der Waals surface area contributed by atoms with Gasteiger partial charge in [0, 0.05) is 12.8 Å². The maximum absolute atomic E-state index is 14.6. The van der Waals surface area contributed by atoms with Gasteiger partial charge in [0.15, 0.2) is 0 Å². The lowest BCUT2D eigenvalue weighted by Crippen LogP contribution is -2.16. The van der Waals surface area contributed by atoms with E-state index in [1.165, 1.54) is 0 Å². The highest BCUT2D eigenvalue weighted by molar-refractivity contribution is 5.87. The van der Waals surface area contributed by atoms with Crippen LogP contribution in [-0.2, 0) is 25.3 Å². The Morgan fingerprint density at radius 1 is 1.00 bits per heavy atom. The minimum atomic E-state index is -3.02. The van der Waals surface area contributed by atoms with E-state index in [1.54, 1.807) is 22.9 Å².